The molecule has 0 aromatic heterocycles. The molecule has 1 aliphatic rings. The largest absolute Gasteiger partial charge is 0.480 e. The Bertz CT molecular complexity index is 188. The molecule has 0 aromatic carbocycles. The van der Waals surface area contributed by atoms with Crippen LogP contribution in [0.15, 0.2) is 0 Å². The van der Waals surface area contributed by atoms with Gasteiger partial charge in [-0.2, -0.15) is 0 Å². The van der Waals surface area contributed by atoms with Gasteiger partial charge in [0.25, 0.3) is 0 Å². The minimum Gasteiger partial charge on any atom is -0.480 e. The Morgan fingerprint density at radius 2 is 2.00 bits per heavy atom. The molecule has 1 rings (SSSR count). The first-order valence-electron chi connectivity index (χ1n) is 5.16. The van der Waals surface area contributed by atoms with Crippen LogP contribution in [-0.4, -0.2) is 48.3 Å². The van der Waals surface area contributed by atoms with Gasteiger partial charge in [0.15, 0.2) is 0 Å². The van der Waals surface area contributed by atoms with Crippen LogP contribution in [-0.2, 0) is 9.53 Å². The Morgan fingerprint density at radius 1 is 1.43 bits per heavy atom. The van der Waals surface area contributed by atoms with Crippen LogP contribution in [0.1, 0.15) is 20.3 Å². The van der Waals surface area contributed by atoms with E-state index in [1.165, 1.54) is 0 Å². The summed E-state index contributed by atoms with van der Waals surface area (Å²) in [5, 5.41) is 9.09. The van der Waals surface area contributed by atoms with Gasteiger partial charge in [0.1, 0.15) is 6.04 Å². The minimum absolute atomic E-state index is 0.334. The lowest BCUT2D eigenvalue weighted by molar-refractivity contribution is -0.145. The number of morpholine rings is 1. The smallest absolute Gasteiger partial charge is 0.320 e. The van der Waals surface area contributed by atoms with Crippen molar-refractivity contribution in [3.05, 3.63) is 0 Å². The number of hydrogen-bond donors (Lipinski definition) is 1. The molecule has 1 N–H and O–H groups in total. The predicted octanol–water partition coefficient (Wildman–Crippen LogP) is 0.818. The molecule has 0 spiro atoms. The van der Waals surface area contributed by atoms with E-state index in [1.54, 1.807) is 0 Å². The number of carboxylic acid groups (broad SMARTS) is 1. The topological polar surface area (TPSA) is 49.8 Å². The standard InChI is InChI=1S/C10H19NO3/c1-8(2)7-9(10(12)13)11-3-5-14-6-4-11/h8-9H,3-7H2,1-2H3,(H,12,13). The molecule has 82 valence electrons. The summed E-state index contributed by atoms with van der Waals surface area (Å²) in [6, 6.07) is -0.334. The normalized spacial score (nSPS) is 21.1. The van der Waals surface area contributed by atoms with Crippen molar-refractivity contribution in [2.45, 2.75) is 26.3 Å². The summed E-state index contributed by atoms with van der Waals surface area (Å²) < 4.78 is 5.20. The van der Waals surface area contributed by atoms with Crippen molar-refractivity contribution in [2.75, 3.05) is 26.3 Å². The van der Waals surface area contributed by atoms with E-state index in [9.17, 15) is 4.79 Å². The predicted molar refractivity (Wildman–Crippen MR) is 53.3 cm³/mol. The molecule has 1 saturated heterocycles. The molecule has 4 nitrogen and oxygen atoms in total. The summed E-state index contributed by atoms with van der Waals surface area (Å²) in [5.41, 5.74) is 0. The molecular formula is C10H19NO3. The molecule has 0 aliphatic carbocycles. The fourth-order valence-electron chi connectivity index (χ4n) is 1.74. The van der Waals surface area contributed by atoms with E-state index in [2.05, 4.69) is 13.8 Å². The highest BCUT2D eigenvalue weighted by Gasteiger charge is 2.27. The molecule has 1 unspecified atom stereocenters. The van der Waals surface area contributed by atoms with Gasteiger partial charge in [0.2, 0.25) is 0 Å². The third kappa shape index (κ3) is 3.27. The highest BCUT2D eigenvalue weighted by atomic mass is 16.5. The van der Waals surface area contributed by atoms with Gasteiger partial charge in [-0.15, -0.1) is 0 Å². The van der Waals surface area contributed by atoms with E-state index < -0.39 is 5.97 Å². The highest BCUT2D eigenvalue weighted by molar-refractivity contribution is 5.73. The molecule has 1 aliphatic heterocycles. The molecule has 0 aromatic rings. The monoisotopic (exact) mass is 201 g/mol. The van der Waals surface area contributed by atoms with Crippen LogP contribution in [0.2, 0.25) is 0 Å². The zero-order valence-electron chi connectivity index (χ0n) is 8.90. The number of rotatable bonds is 4. The zero-order valence-corrected chi connectivity index (χ0v) is 8.90. The van der Waals surface area contributed by atoms with Gasteiger partial charge in [0, 0.05) is 13.1 Å². The van der Waals surface area contributed by atoms with Gasteiger partial charge in [-0.05, 0) is 12.3 Å². The third-order valence-electron chi connectivity index (χ3n) is 2.47. The maximum Gasteiger partial charge on any atom is 0.320 e. The SMILES string of the molecule is CC(C)CC(C(=O)O)N1CCOCC1. The van der Waals surface area contributed by atoms with E-state index in [4.69, 9.17) is 9.84 Å². The van der Waals surface area contributed by atoms with Crippen LogP contribution in [0, 0.1) is 5.92 Å². The van der Waals surface area contributed by atoms with E-state index in [1.807, 2.05) is 4.90 Å². The second-order valence-corrected chi connectivity index (χ2v) is 4.13. The minimum atomic E-state index is -0.708. The van der Waals surface area contributed by atoms with E-state index in [0.29, 0.717) is 19.1 Å². The first-order valence-corrected chi connectivity index (χ1v) is 5.16. The van der Waals surface area contributed by atoms with Crippen molar-refractivity contribution in [1.29, 1.82) is 0 Å². The van der Waals surface area contributed by atoms with Gasteiger partial charge >= 0.3 is 5.97 Å². The Balaban J connectivity index is 2.51. The molecule has 14 heavy (non-hydrogen) atoms. The summed E-state index contributed by atoms with van der Waals surface area (Å²) in [6.07, 6.45) is 0.718. The average Bonchev–Trinajstić information content (AvgIpc) is 2.15. The average molecular weight is 201 g/mol. The van der Waals surface area contributed by atoms with E-state index in [0.717, 1.165) is 19.5 Å². The summed E-state index contributed by atoms with van der Waals surface area (Å²) in [5.74, 6) is -0.292. The molecule has 0 saturated carbocycles. The Morgan fingerprint density at radius 3 is 2.43 bits per heavy atom. The Hall–Kier alpha value is -0.610. The quantitative estimate of drug-likeness (QED) is 0.731. The molecular weight excluding hydrogens is 182 g/mol. The van der Waals surface area contributed by atoms with Crippen molar-refractivity contribution < 1.29 is 14.6 Å². The molecule has 0 amide bonds. The Labute approximate surface area is 84.8 Å². The highest BCUT2D eigenvalue weighted by Crippen LogP contribution is 2.13. The second kappa shape index (κ2) is 5.32. The van der Waals surface area contributed by atoms with Crippen LogP contribution in [0.4, 0.5) is 0 Å². The summed E-state index contributed by atoms with van der Waals surface area (Å²) in [4.78, 5) is 13.1. The summed E-state index contributed by atoms with van der Waals surface area (Å²) in [6.45, 7) is 6.89. The summed E-state index contributed by atoms with van der Waals surface area (Å²) >= 11 is 0. The maximum absolute atomic E-state index is 11.1. The fraction of sp³-hybridized carbons (Fsp3) is 0.900. The maximum atomic E-state index is 11.1. The first kappa shape index (κ1) is 11.5. The van der Waals surface area contributed by atoms with Crippen LogP contribution >= 0.6 is 0 Å². The first-order chi connectivity index (χ1) is 6.61. The lowest BCUT2D eigenvalue weighted by atomic mass is 10.0. The second-order valence-electron chi connectivity index (χ2n) is 4.13. The van der Waals surface area contributed by atoms with Crippen molar-refractivity contribution >= 4 is 5.97 Å². The molecule has 0 radical (unpaired) electrons. The van der Waals surface area contributed by atoms with Gasteiger partial charge < -0.3 is 9.84 Å². The van der Waals surface area contributed by atoms with Gasteiger partial charge in [0.05, 0.1) is 13.2 Å². The van der Waals surface area contributed by atoms with Crippen molar-refractivity contribution in [2.24, 2.45) is 5.92 Å². The lowest BCUT2D eigenvalue weighted by Gasteiger charge is -2.32. The molecule has 1 heterocycles. The number of aliphatic carboxylic acids is 1. The number of nitrogens with zero attached hydrogens (tertiary/aromatic N) is 1. The van der Waals surface area contributed by atoms with Gasteiger partial charge in [-0.1, -0.05) is 13.8 Å². The number of carbonyl (C=O) groups is 1. The third-order valence-corrected chi connectivity index (χ3v) is 2.47. The van der Waals surface area contributed by atoms with Crippen molar-refractivity contribution in [3.63, 3.8) is 0 Å². The van der Waals surface area contributed by atoms with E-state index in [-0.39, 0.29) is 6.04 Å². The number of carboxylic acids is 1. The van der Waals surface area contributed by atoms with E-state index >= 15 is 0 Å². The number of ether oxygens (including phenoxy) is 1. The molecule has 4 heteroatoms. The van der Waals surface area contributed by atoms with Gasteiger partial charge in [-0.25, -0.2) is 0 Å². The molecule has 1 fully saturated rings. The lowest BCUT2D eigenvalue weighted by Crippen LogP contribution is -2.47. The van der Waals surface area contributed by atoms with Crippen molar-refractivity contribution in [1.82, 2.24) is 4.90 Å². The Kier molecular flexibility index (Phi) is 4.35. The summed E-state index contributed by atoms with van der Waals surface area (Å²) in [7, 11) is 0. The zero-order chi connectivity index (χ0) is 10.6. The van der Waals surface area contributed by atoms with Gasteiger partial charge in [-0.3, -0.25) is 9.69 Å². The fourth-order valence-corrected chi connectivity index (χ4v) is 1.74. The van der Waals surface area contributed by atoms with Crippen molar-refractivity contribution in [3.8, 4) is 0 Å². The van der Waals surface area contributed by atoms with Crippen LogP contribution in [0.5, 0.6) is 0 Å². The molecule has 0 bridgehead atoms. The number of hydrogen-bond acceptors (Lipinski definition) is 3. The van der Waals surface area contributed by atoms with Crippen LogP contribution in [0.3, 0.4) is 0 Å². The molecule has 1 atom stereocenters. The van der Waals surface area contributed by atoms with Crippen LogP contribution < -0.4 is 0 Å². The van der Waals surface area contributed by atoms with Crippen LogP contribution in [0.25, 0.3) is 0 Å².